The number of anilines is 1. The first-order chi connectivity index (χ1) is 7.97. The molecule has 0 bridgehead atoms. The van der Waals surface area contributed by atoms with E-state index < -0.39 is 0 Å². The monoisotopic (exact) mass is 232 g/mol. The molecule has 0 saturated heterocycles. The number of amides is 1. The van der Waals surface area contributed by atoms with E-state index in [1.807, 2.05) is 45.0 Å². The van der Waals surface area contributed by atoms with Gasteiger partial charge in [-0.05, 0) is 38.8 Å². The van der Waals surface area contributed by atoms with Crippen LogP contribution in [0.4, 0.5) is 5.69 Å². The quantitative estimate of drug-likeness (QED) is 0.781. The SMILES string of the molecule is CC(C)(C)NC(=O)C1CCNc2ccccc21. The fraction of sp³-hybridized carbons (Fsp3) is 0.500. The highest BCUT2D eigenvalue weighted by Gasteiger charge is 2.28. The van der Waals surface area contributed by atoms with Crippen LogP contribution in [0.3, 0.4) is 0 Å². The molecule has 0 spiro atoms. The highest BCUT2D eigenvalue weighted by molar-refractivity contribution is 5.86. The Labute approximate surface area is 103 Å². The molecule has 0 aliphatic carbocycles. The molecule has 1 aromatic rings. The van der Waals surface area contributed by atoms with Crippen LogP contribution in [0, 0.1) is 0 Å². The van der Waals surface area contributed by atoms with Gasteiger partial charge in [0.2, 0.25) is 5.91 Å². The van der Waals surface area contributed by atoms with Crippen molar-refractivity contribution in [1.82, 2.24) is 5.32 Å². The van der Waals surface area contributed by atoms with Crippen molar-refractivity contribution < 1.29 is 4.79 Å². The Kier molecular flexibility index (Phi) is 3.09. The van der Waals surface area contributed by atoms with Gasteiger partial charge in [0, 0.05) is 17.8 Å². The molecular weight excluding hydrogens is 212 g/mol. The maximum absolute atomic E-state index is 12.2. The number of rotatable bonds is 1. The lowest BCUT2D eigenvalue weighted by Crippen LogP contribution is -2.44. The van der Waals surface area contributed by atoms with Gasteiger partial charge < -0.3 is 10.6 Å². The molecule has 3 nitrogen and oxygen atoms in total. The van der Waals surface area contributed by atoms with Gasteiger partial charge in [-0.15, -0.1) is 0 Å². The number of hydrogen-bond donors (Lipinski definition) is 2. The summed E-state index contributed by atoms with van der Waals surface area (Å²) in [6.07, 6.45) is 0.860. The van der Waals surface area contributed by atoms with E-state index in [0.717, 1.165) is 24.2 Å². The summed E-state index contributed by atoms with van der Waals surface area (Å²) in [5, 5.41) is 6.39. The zero-order chi connectivity index (χ0) is 12.5. The van der Waals surface area contributed by atoms with Crippen molar-refractivity contribution in [2.24, 2.45) is 0 Å². The minimum absolute atomic E-state index is 0.0216. The Morgan fingerprint density at radius 3 is 2.76 bits per heavy atom. The molecule has 1 unspecified atom stereocenters. The van der Waals surface area contributed by atoms with E-state index in [1.54, 1.807) is 0 Å². The van der Waals surface area contributed by atoms with E-state index in [0.29, 0.717) is 0 Å². The molecule has 1 aromatic carbocycles. The van der Waals surface area contributed by atoms with Crippen molar-refractivity contribution in [2.75, 3.05) is 11.9 Å². The van der Waals surface area contributed by atoms with Crippen molar-refractivity contribution >= 4 is 11.6 Å². The van der Waals surface area contributed by atoms with Crippen LogP contribution in [-0.4, -0.2) is 18.0 Å². The number of carbonyl (C=O) groups is 1. The molecule has 2 rings (SSSR count). The van der Waals surface area contributed by atoms with Gasteiger partial charge in [-0.2, -0.15) is 0 Å². The lowest BCUT2D eigenvalue weighted by molar-refractivity contribution is -0.124. The summed E-state index contributed by atoms with van der Waals surface area (Å²) >= 11 is 0. The van der Waals surface area contributed by atoms with E-state index >= 15 is 0 Å². The Morgan fingerprint density at radius 2 is 2.06 bits per heavy atom. The molecule has 1 heterocycles. The number of nitrogens with one attached hydrogen (secondary N) is 2. The summed E-state index contributed by atoms with van der Waals surface area (Å²) in [6, 6.07) is 8.05. The number of hydrogen-bond acceptors (Lipinski definition) is 2. The van der Waals surface area contributed by atoms with Crippen LogP contribution in [0.2, 0.25) is 0 Å². The van der Waals surface area contributed by atoms with E-state index in [9.17, 15) is 4.79 Å². The van der Waals surface area contributed by atoms with E-state index in [4.69, 9.17) is 0 Å². The Balaban J connectivity index is 2.21. The number of benzene rings is 1. The molecule has 0 radical (unpaired) electrons. The van der Waals surface area contributed by atoms with E-state index in [-0.39, 0.29) is 17.4 Å². The summed E-state index contributed by atoms with van der Waals surface area (Å²) in [5.41, 5.74) is 2.03. The average molecular weight is 232 g/mol. The summed E-state index contributed by atoms with van der Waals surface area (Å²) < 4.78 is 0. The summed E-state index contributed by atoms with van der Waals surface area (Å²) in [6.45, 7) is 6.90. The van der Waals surface area contributed by atoms with Gasteiger partial charge in [-0.25, -0.2) is 0 Å². The standard InChI is InChI=1S/C14H20N2O/c1-14(2,3)16-13(17)11-8-9-15-12-7-5-4-6-10(11)12/h4-7,11,15H,8-9H2,1-3H3,(H,16,17). The van der Waals surface area contributed by atoms with Gasteiger partial charge in [0.15, 0.2) is 0 Å². The van der Waals surface area contributed by atoms with Gasteiger partial charge in [-0.1, -0.05) is 18.2 Å². The second kappa shape index (κ2) is 4.40. The van der Waals surface area contributed by atoms with Crippen LogP contribution >= 0.6 is 0 Å². The second-order valence-electron chi connectivity index (χ2n) is 5.59. The summed E-state index contributed by atoms with van der Waals surface area (Å²) in [4.78, 5) is 12.2. The molecule has 1 atom stereocenters. The fourth-order valence-electron chi connectivity index (χ4n) is 2.20. The van der Waals surface area contributed by atoms with Crippen LogP contribution in [-0.2, 0) is 4.79 Å². The normalized spacial score (nSPS) is 19.1. The van der Waals surface area contributed by atoms with Crippen LogP contribution < -0.4 is 10.6 Å². The number of para-hydroxylation sites is 1. The van der Waals surface area contributed by atoms with Gasteiger partial charge in [0.05, 0.1) is 5.92 Å². The Morgan fingerprint density at radius 1 is 1.35 bits per heavy atom. The van der Waals surface area contributed by atoms with Crippen LogP contribution in [0.25, 0.3) is 0 Å². The van der Waals surface area contributed by atoms with Crippen molar-refractivity contribution in [3.05, 3.63) is 29.8 Å². The lowest BCUT2D eigenvalue weighted by Gasteiger charge is -2.29. The van der Waals surface area contributed by atoms with Crippen molar-refractivity contribution in [1.29, 1.82) is 0 Å². The third-order valence-corrected chi connectivity index (χ3v) is 2.90. The van der Waals surface area contributed by atoms with Crippen molar-refractivity contribution in [2.45, 2.75) is 38.6 Å². The first-order valence-corrected chi connectivity index (χ1v) is 6.12. The van der Waals surface area contributed by atoms with E-state index in [2.05, 4.69) is 10.6 Å². The highest BCUT2D eigenvalue weighted by Crippen LogP contribution is 2.31. The van der Waals surface area contributed by atoms with Crippen LogP contribution in [0.5, 0.6) is 0 Å². The van der Waals surface area contributed by atoms with E-state index in [1.165, 1.54) is 0 Å². The molecule has 1 amide bonds. The second-order valence-corrected chi connectivity index (χ2v) is 5.59. The molecule has 0 fully saturated rings. The summed E-state index contributed by atoms with van der Waals surface area (Å²) in [5.74, 6) is 0.109. The fourth-order valence-corrected chi connectivity index (χ4v) is 2.20. The highest BCUT2D eigenvalue weighted by atomic mass is 16.2. The minimum Gasteiger partial charge on any atom is -0.385 e. The first-order valence-electron chi connectivity index (χ1n) is 6.12. The molecule has 92 valence electrons. The van der Waals surface area contributed by atoms with Gasteiger partial charge in [-0.3, -0.25) is 4.79 Å². The third-order valence-electron chi connectivity index (χ3n) is 2.90. The van der Waals surface area contributed by atoms with Gasteiger partial charge >= 0.3 is 0 Å². The minimum atomic E-state index is -0.170. The Hall–Kier alpha value is -1.51. The predicted molar refractivity (Wildman–Crippen MR) is 70.2 cm³/mol. The Bertz CT molecular complexity index is 420. The summed E-state index contributed by atoms with van der Waals surface area (Å²) in [7, 11) is 0. The molecule has 1 aliphatic heterocycles. The molecule has 1 aliphatic rings. The molecule has 0 aromatic heterocycles. The first kappa shape index (κ1) is 12.0. The predicted octanol–water partition coefficient (Wildman–Crippen LogP) is 2.50. The van der Waals surface area contributed by atoms with Crippen molar-refractivity contribution in [3.63, 3.8) is 0 Å². The molecule has 3 heteroatoms. The smallest absolute Gasteiger partial charge is 0.228 e. The molecule has 0 saturated carbocycles. The molecule has 2 N–H and O–H groups in total. The van der Waals surface area contributed by atoms with Crippen LogP contribution in [0.1, 0.15) is 38.7 Å². The van der Waals surface area contributed by atoms with Crippen LogP contribution in [0.15, 0.2) is 24.3 Å². The zero-order valence-corrected chi connectivity index (χ0v) is 10.7. The lowest BCUT2D eigenvalue weighted by atomic mass is 9.89. The van der Waals surface area contributed by atoms with Gasteiger partial charge in [0.25, 0.3) is 0 Å². The molecular formula is C14H20N2O. The maximum atomic E-state index is 12.2. The van der Waals surface area contributed by atoms with Crippen molar-refractivity contribution in [3.8, 4) is 0 Å². The molecule has 17 heavy (non-hydrogen) atoms. The largest absolute Gasteiger partial charge is 0.385 e. The maximum Gasteiger partial charge on any atom is 0.228 e. The number of carbonyl (C=O) groups excluding carboxylic acids is 1. The zero-order valence-electron chi connectivity index (χ0n) is 10.7. The average Bonchev–Trinajstić information content (AvgIpc) is 2.26. The third kappa shape index (κ3) is 2.78. The number of fused-ring (bicyclic) bond motifs is 1. The topological polar surface area (TPSA) is 41.1 Å². The van der Waals surface area contributed by atoms with Gasteiger partial charge in [0.1, 0.15) is 0 Å².